The Hall–Kier alpha value is -1.05. The quantitative estimate of drug-likeness (QED) is 0.652. The van der Waals surface area contributed by atoms with Crippen molar-refractivity contribution in [2.45, 2.75) is 0 Å². The maximum absolute atomic E-state index is 8.42. The largest absolute Gasteiger partial charge is 0.491 e. The minimum Gasteiger partial charge on any atom is -0.491 e. The van der Waals surface area contributed by atoms with Gasteiger partial charge in [-0.25, -0.2) is 9.97 Å². The second-order valence-corrected chi connectivity index (χ2v) is 2.49. The Morgan fingerprint density at radius 2 is 1.83 bits per heavy atom. The monoisotopic (exact) mass is 203 g/mol. The lowest BCUT2D eigenvalue weighted by Crippen LogP contribution is -1.95. The molecule has 1 rings (SSSR count). The Kier molecular flexibility index (Phi) is 2.69. The Morgan fingerprint density at radius 3 is 2.17 bits per heavy atom. The summed E-state index contributed by atoms with van der Waals surface area (Å²) in [4.78, 5) is 7.21. The molecule has 0 aromatic carbocycles. The summed E-state index contributed by atoms with van der Waals surface area (Å²) in [5.74, 6) is 0.100. The third-order valence-corrected chi connectivity index (χ3v) is 1.60. The molecule has 1 aromatic heterocycles. The molecule has 0 amide bonds. The van der Waals surface area contributed by atoms with Crippen molar-refractivity contribution in [3.8, 4) is 11.8 Å². The summed E-state index contributed by atoms with van der Waals surface area (Å²) >= 11 is 11.2. The van der Waals surface area contributed by atoms with Crippen molar-refractivity contribution < 1.29 is 4.74 Å². The molecule has 6 heteroatoms. The van der Waals surface area contributed by atoms with Gasteiger partial charge in [-0.05, 0) is 0 Å². The Morgan fingerprint density at radius 1 is 1.33 bits per heavy atom. The molecule has 0 aliphatic carbocycles. The molecule has 4 nitrogen and oxygen atoms in total. The summed E-state index contributed by atoms with van der Waals surface area (Å²) in [6.45, 7) is 0. The van der Waals surface area contributed by atoms with Crippen LogP contribution >= 0.6 is 23.2 Å². The van der Waals surface area contributed by atoms with E-state index in [9.17, 15) is 0 Å². The minimum absolute atomic E-state index is 0.0362. The zero-order valence-electron chi connectivity index (χ0n) is 6.01. The van der Waals surface area contributed by atoms with Gasteiger partial charge in [0.15, 0.2) is 16.1 Å². The van der Waals surface area contributed by atoms with Crippen molar-refractivity contribution in [2.75, 3.05) is 7.11 Å². The molecule has 0 saturated heterocycles. The van der Waals surface area contributed by atoms with Crippen molar-refractivity contribution in [1.29, 1.82) is 5.26 Å². The maximum atomic E-state index is 8.42. The molecule has 62 valence electrons. The number of nitriles is 1. The van der Waals surface area contributed by atoms with E-state index in [0.717, 1.165) is 0 Å². The van der Waals surface area contributed by atoms with Crippen LogP contribution in [0.5, 0.6) is 5.75 Å². The lowest BCUT2D eigenvalue weighted by atomic mass is 10.5. The third-order valence-electron chi connectivity index (χ3n) is 1.09. The smallest absolute Gasteiger partial charge is 0.235 e. The van der Waals surface area contributed by atoms with Gasteiger partial charge in [-0.15, -0.1) is 0 Å². The number of rotatable bonds is 1. The highest BCUT2D eigenvalue weighted by molar-refractivity contribution is 6.35. The Balaban J connectivity index is 3.30. The zero-order valence-corrected chi connectivity index (χ0v) is 7.52. The van der Waals surface area contributed by atoms with E-state index in [1.807, 2.05) is 0 Å². The molecular weight excluding hydrogens is 201 g/mol. The number of aromatic nitrogens is 2. The van der Waals surface area contributed by atoms with E-state index in [0.29, 0.717) is 0 Å². The SMILES string of the molecule is COc1c(Cl)nc(C#N)nc1Cl. The number of halogens is 2. The van der Waals surface area contributed by atoms with Crippen LogP contribution in [0.15, 0.2) is 0 Å². The van der Waals surface area contributed by atoms with Gasteiger partial charge in [-0.3, -0.25) is 0 Å². The van der Waals surface area contributed by atoms with Crippen LogP contribution in [0.25, 0.3) is 0 Å². The summed E-state index contributed by atoms with van der Waals surface area (Å²) in [6, 6.07) is 1.71. The predicted octanol–water partition coefficient (Wildman–Crippen LogP) is 1.66. The summed E-state index contributed by atoms with van der Waals surface area (Å²) in [5.41, 5.74) is 0. The third kappa shape index (κ3) is 1.58. The van der Waals surface area contributed by atoms with Crippen LogP contribution in [-0.2, 0) is 0 Å². The van der Waals surface area contributed by atoms with Crippen LogP contribution in [0.3, 0.4) is 0 Å². The number of hydrogen-bond donors (Lipinski definition) is 0. The standard InChI is InChI=1S/C6H3Cl2N3O/c1-12-4-5(7)10-3(2-9)11-6(4)8/h1H3. The van der Waals surface area contributed by atoms with Gasteiger partial charge in [0.1, 0.15) is 6.07 Å². The molecule has 0 spiro atoms. The molecule has 0 fully saturated rings. The molecule has 1 aromatic rings. The van der Waals surface area contributed by atoms with Gasteiger partial charge in [0.25, 0.3) is 0 Å². The Bertz CT molecular complexity index is 324. The zero-order chi connectivity index (χ0) is 9.14. The highest BCUT2D eigenvalue weighted by atomic mass is 35.5. The van der Waals surface area contributed by atoms with Crippen molar-refractivity contribution in [3.05, 3.63) is 16.1 Å². The number of ether oxygens (including phenoxy) is 1. The molecule has 0 N–H and O–H groups in total. The van der Waals surface area contributed by atoms with Crippen LogP contribution in [0, 0.1) is 11.3 Å². The van der Waals surface area contributed by atoms with Gasteiger partial charge < -0.3 is 4.74 Å². The molecule has 0 aliphatic rings. The van der Waals surface area contributed by atoms with E-state index in [4.69, 9.17) is 33.2 Å². The fourth-order valence-corrected chi connectivity index (χ4v) is 1.16. The van der Waals surface area contributed by atoms with Crippen LogP contribution < -0.4 is 4.74 Å². The molecule has 0 radical (unpaired) electrons. The fraction of sp³-hybridized carbons (Fsp3) is 0.167. The lowest BCUT2D eigenvalue weighted by Gasteiger charge is -2.02. The molecule has 0 aliphatic heterocycles. The topological polar surface area (TPSA) is 58.8 Å². The van der Waals surface area contributed by atoms with E-state index >= 15 is 0 Å². The molecule has 0 bridgehead atoms. The molecule has 0 atom stereocenters. The van der Waals surface area contributed by atoms with E-state index in [2.05, 4.69) is 9.97 Å². The number of nitrogens with zero attached hydrogens (tertiary/aromatic N) is 3. The first-order valence-electron chi connectivity index (χ1n) is 2.86. The van der Waals surface area contributed by atoms with Gasteiger partial charge in [-0.1, -0.05) is 23.2 Å². The second-order valence-electron chi connectivity index (χ2n) is 1.77. The lowest BCUT2D eigenvalue weighted by molar-refractivity contribution is 0.411. The fourth-order valence-electron chi connectivity index (χ4n) is 0.616. The summed E-state index contributed by atoms with van der Waals surface area (Å²) in [5, 5.41) is 8.49. The first kappa shape index (κ1) is 9.04. The number of methoxy groups -OCH3 is 1. The first-order chi connectivity index (χ1) is 5.69. The van der Waals surface area contributed by atoms with E-state index in [1.54, 1.807) is 6.07 Å². The van der Waals surface area contributed by atoms with Crippen LogP contribution in [0.1, 0.15) is 5.82 Å². The van der Waals surface area contributed by atoms with Crippen LogP contribution in [-0.4, -0.2) is 17.1 Å². The molecular formula is C6H3Cl2N3O. The maximum Gasteiger partial charge on any atom is 0.235 e. The highest BCUT2D eigenvalue weighted by Gasteiger charge is 2.10. The minimum atomic E-state index is -0.0780. The Labute approximate surface area is 78.7 Å². The summed E-state index contributed by atoms with van der Waals surface area (Å²) < 4.78 is 4.78. The average molecular weight is 204 g/mol. The van der Waals surface area contributed by atoms with Gasteiger partial charge in [0.05, 0.1) is 7.11 Å². The van der Waals surface area contributed by atoms with E-state index < -0.39 is 0 Å². The summed E-state index contributed by atoms with van der Waals surface area (Å²) in [6.07, 6.45) is 0. The van der Waals surface area contributed by atoms with Crippen LogP contribution in [0.4, 0.5) is 0 Å². The second kappa shape index (κ2) is 3.57. The van der Waals surface area contributed by atoms with Crippen molar-refractivity contribution in [2.24, 2.45) is 0 Å². The first-order valence-corrected chi connectivity index (χ1v) is 3.61. The highest BCUT2D eigenvalue weighted by Crippen LogP contribution is 2.28. The molecule has 0 unspecified atom stereocenters. The normalized spacial score (nSPS) is 9.17. The van der Waals surface area contributed by atoms with Gasteiger partial charge in [-0.2, -0.15) is 5.26 Å². The van der Waals surface area contributed by atoms with Gasteiger partial charge in [0, 0.05) is 0 Å². The predicted molar refractivity (Wildman–Crippen MR) is 43.3 cm³/mol. The molecule has 1 heterocycles. The number of hydrogen-bond acceptors (Lipinski definition) is 4. The molecule has 0 saturated carbocycles. The van der Waals surface area contributed by atoms with Gasteiger partial charge >= 0.3 is 0 Å². The van der Waals surface area contributed by atoms with Crippen molar-refractivity contribution in [1.82, 2.24) is 9.97 Å². The van der Waals surface area contributed by atoms with Gasteiger partial charge in [0.2, 0.25) is 5.82 Å². The summed E-state index contributed by atoms with van der Waals surface area (Å²) in [7, 11) is 1.39. The van der Waals surface area contributed by atoms with Crippen molar-refractivity contribution >= 4 is 23.2 Å². The van der Waals surface area contributed by atoms with Crippen molar-refractivity contribution in [3.63, 3.8) is 0 Å². The molecule has 12 heavy (non-hydrogen) atoms. The average Bonchev–Trinajstić information content (AvgIpc) is 2.03. The van der Waals surface area contributed by atoms with E-state index in [1.165, 1.54) is 7.11 Å². The van der Waals surface area contributed by atoms with E-state index in [-0.39, 0.29) is 21.9 Å². The van der Waals surface area contributed by atoms with Crippen LogP contribution in [0.2, 0.25) is 10.3 Å².